The molecule has 3 rings (SSSR count). The average molecular weight is 324 g/mol. The first kappa shape index (κ1) is 16.3. The monoisotopic (exact) mass is 323 g/mol. The van der Waals surface area contributed by atoms with E-state index in [1.54, 1.807) is 0 Å². The zero-order valence-electron chi connectivity index (χ0n) is 14.0. The van der Waals surface area contributed by atoms with Gasteiger partial charge in [-0.1, -0.05) is 37.9 Å². The molecule has 124 valence electrons. The van der Waals surface area contributed by atoms with E-state index in [1.807, 2.05) is 18.8 Å². The Kier molecular flexibility index (Phi) is 4.83. The van der Waals surface area contributed by atoms with Crippen molar-refractivity contribution >= 4 is 22.8 Å². The highest BCUT2D eigenvalue weighted by Gasteiger charge is 2.44. The molecule has 22 heavy (non-hydrogen) atoms. The quantitative estimate of drug-likeness (QED) is 0.840. The first-order chi connectivity index (χ1) is 10.5. The molecule has 0 aromatic carbocycles. The summed E-state index contributed by atoms with van der Waals surface area (Å²) in [5.74, 6) is 1.83. The van der Waals surface area contributed by atoms with Gasteiger partial charge in [0.2, 0.25) is 5.91 Å². The Hall–Kier alpha value is -0.550. The van der Waals surface area contributed by atoms with E-state index >= 15 is 0 Å². The summed E-state index contributed by atoms with van der Waals surface area (Å²) in [5, 5.41) is 7.17. The second-order valence-corrected chi connectivity index (χ2v) is 9.07. The summed E-state index contributed by atoms with van der Waals surface area (Å²) in [7, 11) is 1.96. The highest BCUT2D eigenvalue weighted by molar-refractivity contribution is 8.15. The summed E-state index contributed by atoms with van der Waals surface area (Å²) in [6.07, 6.45) is 7.29. The summed E-state index contributed by atoms with van der Waals surface area (Å²) in [6.45, 7) is 5.58. The molecule has 1 aliphatic heterocycles. The highest BCUT2D eigenvalue weighted by Crippen LogP contribution is 2.47. The van der Waals surface area contributed by atoms with Gasteiger partial charge in [0.05, 0.1) is 6.54 Å². The summed E-state index contributed by atoms with van der Waals surface area (Å²) in [6, 6.07) is 0.516. The van der Waals surface area contributed by atoms with Crippen LogP contribution in [0.1, 0.15) is 52.4 Å². The number of carbonyl (C=O) groups excluding carboxylic acids is 1. The molecule has 0 radical (unpaired) electrons. The van der Waals surface area contributed by atoms with E-state index in [4.69, 9.17) is 0 Å². The zero-order chi connectivity index (χ0) is 15.7. The zero-order valence-corrected chi connectivity index (χ0v) is 14.8. The normalized spacial score (nSPS) is 41.7. The maximum atomic E-state index is 12.3. The van der Waals surface area contributed by atoms with Crippen molar-refractivity contribution in [2.45, 2.75) is 63.2 Å². The summed E-state index contributed by atoms with van der Waals surface area (Å²) in [5.41, 5.74) is 0. The van der Waals surface area contributed by atoms with Crippen LogP contribution in [-0.4, -0.2) is 35.5 Å². The fraction of sp³-hybridized carbons (Fsp3) is 0.882. The Morgan fingerprint density at radius 2 is 2.05 bits per heavy atom. The van der Waals surface area contributed by atoms with Crippen molar-refractivity contribution in [3.8, 4) is 0 Å². The summed E-state index contributed by atoms with van der Waals surface area (Å²) in [4.78, 5) is 16.9. The number of nitrogens with one attached hydrogen (secondary N) is 2. The molecule has 3 atom stereocenters. The molecular weight excluding hydrogens is 294 g/mol. The Morgan fingerprint density at radius 3 is 2.73 bits per heavy atom. The number of nitrogens with zero attached hydrogens (tertiary/aromatic N) is 1. The molecule has 1 heterocycles. The molecule has 3 aliphatic rings. The van der Waals surface area contributed by atoms with Crippen molar-refractivity contribution in [3.63, 3.8) is 0 Å². The second-order valence-electron chi connectivity index (χ2n) is 7.55. The summed E-state index contributed by atoms with van der Waals surface area (Å²) >= 11 is 1.81. The van der Waals surface area contributed by atoms with Crippen molar-refractivity contribution in [2.24, 2.45) is 22.7 Å². The topological polar surface area (TPSA) is 53.5 Å². The van der Waals surface area contributed by atoms with Crippen molar-refractivity contribution in [2.75, 3.05) is 13.6 Å². The number of hydrogen-bond donors (Lipinski definition) is 2. The molecule has 2 saturated carbocycles. The van der Waals surface area contributed by atoms with Gasteiger partial charge in [0.25, 0.3) is 0 Å². The molecule has 1 amide bonds. The largest absolute Gasteiger partial charge is 0.317 e. The molecule has 0 aromatic rings. The van der Waals surface area contributed by atoms with Crippen LogP contribution in [0.3, 0.4) is 0 Å². The maximum Gasteiger partial charge on any atom is 0.229 e. The van der Waals surface area contributed by atoms with Crippen molar-refractivity contribution in [1.82, 2.24) is 10.6 Å². The van der Waals surface area contributed by atoms with Crippen LogP contribution in [-0.2, 0) is 4.79 Å². The molecule has 0 spiro atoms. The van der Waals surface area contributed by atoms with Crippen LogP contribution >= 0.6 is 11.8 Å². The third kappa shape index (κ3) is 3.21. The lowest BCUT2D eigenvalue weighted by molar-refractivity contribution is -0.126. The van der Waals surface area contributed by atoms with Gasteiger partial charge in [-0.25, -0.2) is 0 Å². The number of thioether (sulfide) groups is 1. The average Bonchev–Trinajstić information content (AvgIpc) is 2.80. The van der Waals surface area contributed by atoms with E-state index in [9.17, 15) is 4.79 Å². The van der Waals surface area contributed by atoms with Gasteiger partial charge in [0, 0.05) is 16.7 Å². The molecular formula is C17H29N3OS. The van der Waals surface area contributed by atoms with Gasteiger partial charge < -0.3 is 10.6 Å². The van der Waals surface area contributed by atoms with Gasteiger partial charge in [-0.3, -0.25) is 9.79 Å². The van der Waals surface area contributed by atoms with Crippen molar-refractivity contribution < 1.29 is 4.79 Å². The predicted molar refractivity (Wildman–Crippen MR) is 93.1 cm³/mol. The standard InChI is InChI=1S/C17H29N3OS/c1-11-6-4-5-7-14(11)17(2)10-19-16(22-17)20-15(21)12-8-13(9-12)18-3/h11-14,18H,4-10H2,1-3H3,(H,19,20,21)/t11-,12-,13-,14+,17?/m1/s1. The van der Waals surface area contributed by atoms with Crippen LogP contribution in [0.4, 0.5) is 0 Å². The van der Waals surface area contributed by atoms with Crippen molar-refractivity contribution in [3.05, 3.63) is 0 Å². The number of aliphatic imine (C=N–C) groups is 1. The third-order valence-corrected chi connectivity index (χ3v) is 7.23. The second kappa shape index (κ2) is 6.52. The molecule has 0 aromatic heterocycles. The Labute approximate surface area is 138 Å². The minimum absolute atomic E-state index is 0.165. The fourth-order valence-electron chi connectivity index (χ4n) is 4.27. The molecule has 0 saturated heterocycles. The van der Waals surface area contributed by atoms with Gasteiger partial charge in [0.1, 0.15) is 0 Å². The summed E-state index contributed by atoms with van der Waals surface area (Å²) < 4.78 is 0.176. The van der Waals surface area contributed by atoms with Crippen LogP contribution in [0.5, 0.6) is 0 Å². The number of rotatable bonds is 3. The smallest absolute Gasteiger partial charge is 0.229 e. The Bertz CT molecular complexity index is 461. The van der Waals surface area contributed by atoms with Crippen LogP contribution in [0, 0.1) is 17.8 Å². The Balaban J connectivity index is 1.52. The molecule has 2 fully saturated rings. The lowest BCUT2D eigenvalue weighted by Crippen LogP contribution is -2.47. The van der Waals surface area contributed by atoms with E-state index in [2.05, 4.69) is 29.5 Å². The maximum absolute atomic E-state index is 12.3. The number of hydrogen-bond acceptors (Lipinski definition) is 4. The third-order valence-electron chi connectivity index (χ3n) is 5.91. The molecule has 1 unspecified atom stereocenters. The van der Waals surface area contributed by atoms with E-state index in [1.165, 1.54) is 25.7 Å². The molecule has 2 aliphatic carbocycles. The SMILES string of the molecule is CN[C@H]1C[C@H](C(=O)NC2=NCC(C)([C@H]3CCCC[C@H]3C)S2)C1. The molecule has 4 nitrogen and oxygen atoms in total. The van der Waals surface area contributed by atoms with Gasteiger partial charge in [-0.05, 0) is 45.1 Å². The van der Waals surface area contributed by atoms with Crippen molar-refractivity contribution in [1.29, 1.82) is 0 Å². The van der Waals surface area contributed by atoms with Gasteiger partial charge in [0.15, 0.2) is 5.17 Å². The van der Waals surface area contributed by atoms with E-state index in [0.29, 0.717) is 6.04 Å². The number of amidine groups is 1. The van der Waals surface area contributed by atoms with Crippen LogP contribution in [0.2, 0.25) is 0 Å². The molecule has 0 bridgehead atoms. The van der Waals surface area contributed by atoms with Crippen LogP contribution in [0.25, 0.3) is 0 Å². The van der Waals surface area contributed by atoms with Crippen LogP contribution in [0.15, 0.2) is 4.99 Å². The van der Waals surface area contributed by atoms with Crippen LogP contribution < -0.4 is 10.6 Å². The van der Waals surface area contributed by atoms with Gasteiger partial charge in [-0.2, -0.15) is 0 Å². The lowest BCUT2D eigenvalue weighted by atomic mass is 9.73. The minimum Gasteiger partial charge on any atom is -0.317 e. The number of amides is 1. The number of carbonyl (C=O) groups is 1. The molecule has 5 heteroatoms. The van der Waals surface area contributed by atoms with E-state index in [-0.39, 0.29) is 16.6 Å². The Morgan fingerprint density at radius 1 is 1.32 bits per heavy atom. The lowest BCUT2D eigenvalue weighted by Gasteiger charge is -2.40. The predicted octanol–water partition coefficient (Wildman–Crippen LogP) is 2.79. The fourth-order valence-corrected chi connectivity index (χ4v) is 5.62. The first-order valence-corrected chi connectivity index (χ1v) is 9.55. The minimum atomic E-state index is 0.165. The van der Waals surface area contributed by atoms with E-state index in [0.717, 1.165) is 36.4 Å². The van der Waals surface area contributed by atoms with E-state index < -0.39 is 0 Å². The first-order valence-electron chi connectivity index (χ1n) is 8.73. The highest BCUT2D eigenvalue weighted by atomic mass is 32.2. The van der Waals surface area contributed by atoms with Gasteiger partial charge >= 0.3 is 0 Å². The molecule has 2 N–H and O–H groups in total. The van der Waals surface area contributed by atoms with Gasteiger partial charge in [-0.15, -0.1) is 0 Å².